The van der Waals surface area contributed by atoms with Crippen molar-refractivity contribution < 1.29 is 9.53 Å². The average molecular weight is 1010 g/mol. The Morgan fingerprint density at radius 3 is 1.39 bits per heavy atom. The number of carbonyl (C=O) groups is 1. The van der Waals surface area contributed by atoms with Crippen molar-refractivity contribution in [3.8, 4) is 5.75 Å². The summed E-state index contributed by atoms with van der Waals surface area (Å²) >= 11 is 11.3. The normalized spacial score (nSPS) is 11.0. The molecule has 0 unspecified atom stereocenters. The van der Waals surface area contributed by atoms with Gasteiger partial charge in [-0.3, -0.25) is 0 Å². The number of carbonyl (C=O) groups excluding carboxylic acids is 1. The molecule has 0 spiro atoms. The van der Waals surface area contributed by atoms with E-state index in [1.807, 2.05) is 36.4 Å². The molecular weight excluding hydrogens is 999 g/mol. The fraction of sp³-hybridized carbons (Fsp3) is 0. The number of hydrogen-bond donors (Lipinski definition) is 0. The Balaban J connectivity index is 1.64. The van der Waals surface area contributed by atoms with Gasteiger partial charge in [0.2, 0.25) is 0 Å². The van der Waals surface area contributed by atoms with Gasteiger partial charge in [0, 0.05) is 10.7 Å². The summed E-state index contributed by atoms with van der Waals surface area (Å²) in [5.41, 5.74) is 0.540. The summed E-state index contributed by atoms with van der Waals surface area (Å²) in [5.74, 6) is 0.269. The van der Waals surface area contributed by atoms with E-state index in [1.54, 1.807) is 0 Å². The zero-order valence-electron chi connectivity index (χ0n) is 16.7. The minimum atomic E-state index is -0.345. The highest BCUT2D eigenvalue weighted by Gasteiger charge is 2.29. The molecular formula is C25H14I5O2S+. The molecule has 2 nitrogen and oxygen atoms in total. The van der Waals surface area contributed by atoms with Gasteiger partial charge in [-0.05, 0) is 198 Å². The van der Waals surface area contributed by atoms with Gasteiger partial charge in [-0.2, -0.15) is 0 Å². The van der Waals surface area contributed by atoms with Crippen LogP contribution in [0.3, 0.4) is 0 Å². The van der Waals surface area contributed by atoms with Crippen molar-refractivity contribution in [3.63, 3.8) is 0 Å². The van der Waals surface area contributed by atoms with Crippen molar-refractivity contribution in [1.82, 2.24) is 0 Å². The Bertz CT molecular complexity index is 1220. The molecule has 0 aliphatic heterocycles. The first-order valence-electron chi connectivity index (χ1n) is 9.54. The van der Waals surface area contributed by atoms with Gasteiger partial charge in [-0.15, -0.1) is 0 Å². The lowest BCUT2D eigenvalue weighted by molar-refractivity contribution is 0.0732. The fourth-order valence-electron chi connectivity index (χ4n) is 3.05. The van der Waals surface area contributed by atoms with Crippen LogP contribution in [-0.2, 0) is 10.9 Å². The number of halogens is 5. The summed E-state index contributed by atoms with van der Waals surface area (Å²) in [6.07, 6.45) is 0. The molecule has 0 atom stereocenters. The third-order valence-electron chi connectivity index (χ3n) is 4.58. The standard InChI is InChI=1S/C25H14I5O2S/c26-16-3-9-20(10-4-16)33(21-11-5-17(27)6-12-21)19-7-1-15(2-8-19)25(31)32-24-22(29)13-18(28)14-23(24)30/h1-14H/q+1. The largest absolute Gasteiger partial charge is 0.421 e. The molecule has 0 bridgehead atoms. The molecule has 0 amide bonds. The van der Waals surface area contributed by atoms with E-state index in [0.717, 1.165) is 15.6 Å². The van der Waals surface area contributed by atoms with Gasteiger partial charge in [0.15, 0.2) is 20.4 Å². The maximum absolute atomic E-state index is 12.9. The topological polar surface area (TPSA) is 26.3 Å². The van der Waals surface area contributed by atoms with Gasteiger partial charge in [-0.25, -0.2) is 4.79 Å². The van der Waals surface area contributed by atoms with Crippen LogP contribution >= 0.6 is 113 Å². The second-order valence-corrected chi connectivity index (χ2v) is 14.9. The second-order valence-electron chi connectivity index (χ2n) is 6.83. The quantitative estimate of drug-likeness (QED) is 0.0865. The summed E-state index contributed by atoms with van der Waals surface area (Å²) in [5, 5.41) is 0. The predicted molar refractivity (Wildman–Crippen MR) is 176 cm³/mol. The number of ether oxygens (including phenoxy) is 1. The van der Waals surface area contributed by atoms with Crippen LogP contribution < -0.4 is 4.74 Å². The molecule has 0 aromatic heterocycles. The van der Waals surface area contributed by atoms with Gasteiger partial charge in [0.25, 0.3) is 0 Å². The van der Waals surface area contributed by atoms with E-state index >= 15 is 0 Å². The van der Waals surface area contributed by atoms with Crippen molar-refractivity contribution in [2.75, 3.05) is 0 Å². The van der Waals surface area contributed by atoms with Crippen molar-refractivity contribution in [2.24, 2.45) is 0 Å². The fourth-order valence-corrected chi connectivity index (χ4v) is 9.62. The summed E-state index contributed by atoms with van der Waals surface area (Å²) in [6, 6.07) is 29.1. The molecule has 8 heteroatoms. The molecule has 4 aromatic rings. The van der Waals surface area contributed by atoms with Crippen LogP contribution in [0.4, 0.5) is 0 Å². The highest BCUT2D eigenvalue weighted by Crippen LogP contribution is 2.33. The van der Waals surface area contributed by atoms with Crippen LogP contribution in [-0.4, -0.2) is 5.97 Å². The third kappa shape index (κ3) is 6.77. The van der Waals surface area contributed by atoms with Gasteiger partial charge >= 0.3 is 5.97 Å². The zero-order chi connectivity index (χ0) is 23.5. The second kappa shape index (κ2) is 12.1. The third-order valence-corrected chi connectivity index (χ3v) is 10.5. The van der Waals surface area contributed by atoms with E-state index in [-0.39, 0.29) is 16.9 Å². The van der Waals surface area contributed by atoms with Crippen molar-refractivity contribution in [3.05, 3.63) is 108 Å². The molecule has 0 fully saturated rings. The van der Waals surface area contributed by atoms with Gasteiger partial charge in [0.1, 0.15) is 0 Å². The molecule has 0 N–H and O–H groups in total. The molecule has 4 aromatic carbocycles. The van der Waals surface area contributed by atoms with Crippen molar-refractivity contribution >= 4 is 130 Å². The predicted octanol–water partition coefficient (Wildman–Crippen LogP) is 9.02. The Kier molecular flexibility index (Phi) is 9.65. The lowest BCUT2D eigenvalue weighted by Gasteiger charge is -2.11. The number of hydrogen-bond acceptors (Lipinski definition) is 2. The van der Waals surface area contributed by atoms with Gasteiger partial charge < -0.3 is 4.74 Å². The van der Waals surface area contributed by atoms with Gasteiger partial charge in [0.05, 0.1) is 23.6 Å². The maximum atomic E-state index is 12.9. The van der Waals surface area contributed by atoms with Gasteiger partial charge in [-0.1, -0.05) is 0 Å². The van der Waals surface area contributed by atoms with Crippen LogP contribution in [0.5, 0.6) is 5.75 Å². The van der Waals surface area contributed by atoms with E-state index in [1.165, 1.54) is 16.9 Å². The average Bonchev–Trinajstić information content (AvgIpc) is 2.79. The first kappa shape index (κ1) is 26.4. The van der Waals surface area contributed by atoms with Crippen LogP contribution in [0, 0.1) is 17.9 Å². The summed E-state index contributed by atoms with van der Waals surface area (Å²) in [7, 11) is -0.263. The molecule has 33 heavy (non-hydrogen) atoms. The molecule has 0 aliphatic carbocycles. The first-order valence-corrected chi connectivity index (χ1v) is 16.2. The van der Waals surface area contributed by atoms with Crippen molar-refractivity contribution in [2.45, 2.75) is 14.7 Å². The van der Waals surface area contributed by atoms with Crippen LogP contribution in [0.15, 0.2) is 99.6 Å². The Labute approximate surface area is 264 Å². The highest BCUT2D eigenvalue weighted by molar-refractivity contribution is 14.1. The van der Waals surface area contributed by atoms with Crippen molar-refractivity contribution in [1.29, 1.82) is 0 Å². The molecule has 4 rings (SSSR count). The van der Waals surface area contributed by atoms with E-state index < -0.39 is 0 Å². The monoisotopic (exact) mass is 1010 g/mol. The smallest absolute Gasteiger partial charge is 0.343 e. The van der Waals surface area contributed by atoms with E-state index in [2.05, 4.69) is 161 Å². The lowest BCUT2D eigenvalue weighted by Crippen LogP contribution is -2.11. The molecule has 0 heterocycles. The highest BCUT2D eigenvalue weighted by atomic mass is 127. The number of benzene rings is 4. The van der Waals surface area contributed by atoms with E-state index in [9.17, 15) is 4.79 Å². The Morgan fingerprint density at radius 2 is 0.970 bits per heavy atom. The minimum Gasteiger partial charge on any atom is -0.421 e. The zero-order valence-corrected chi connectivity index (χ0v) is 28.3. The molecule has 0 aliphatic rings. The minimum absolute atomic E-state index is 0.263. The summed E-state index contributed by atoms with van der Waals surface area (Å²) in [4.78, 5) is 16.5. The first-order chi connectivity index (χ1) is 15.8. The Morgan fingerprint density at radius 1 is 0.576 bits per heavy atom. The van der Waals surface area contributed by atoms with E-state index in [0.29, 0.717) is 11.3 Å². The summed E-state index contributed by atoms with van der Waals surface area (Å²) in [6.45, 7) is 0. The van der Waals surface area contributed by atoms with Crippen LogP contribution in [0.1, 0.15) is 10.4 Å². The molecule has 0 radical (unpaired) electrons. The number of rotatable bonds is 5. The number of esters is 1. The molecule has 0 saturated heterocycles. The maximum Gasteiger partial charge on any atom is 0.343 e. The molecule has 0 saturated carbocycles. The van der Waals surface area contributed by atoms with Crippen LogP contribution in [0.25, 0.3) is 0 Å². The van der Waals surface area contributed by atoms with E-state index in [4.69, 9.17) is 4.74 Å². The SMILES string of the molecule is O=C(Oc1c(I)cc(I)cc1I)c1ccc([S+](c2ccc(I)cc2)c2ccc(I)cc2)cc1. The lowest BCUT2D eigenvalue weighted by atomic mass is 10.2. The van der Waals surface area contributed by atoms with Crippen LogP contribution in [0.2, 0.25) is 0 Å². The summed E-state index contributed by atoms with van der Waals surface area (Å²) < 4.78 is 11.1. The Hall–Kier alpha value is 0.350. The molecule has 166 valence electrons.